The van der Waals surface area contributed by atoms with Crippen LogP contribution in [-0.2, 0) is 11.3 Å². The average molecular weight is 331 g/mol. The van der Waals surface area contributed by atoms with Crippen molar-refractivity contribution in [1.82, 2.24) is 14.9 Å². The highest BCUT2D eigenvalue weighted by molar-refractivity contribution is 5.70. The molecule has 0 amide bonds. The van der Waals surface area contributed by atoms with Crippen molar-refractivity contribution in [1.29, 1.82) is 0 Å². The summed E-state index contributed by atoms with van der Waals surface area (Å²) in [6.45, 7) is 4.33. The molecule has 7 nitrogen and oxygen atoms in total. The van der Waals surface area contributed by atoms with Gasteiger partial charge in [-0.25, -0.2) is 4.98 Å². The smallest absolute Gasteiger partial charge is 0.165 e. The average Bonchev–Trinajstić information content (AvgIpc) is 3.09. The molecular weight excluding hydrogens is 310 g/mol. The Morgan fingerprint density at radius 3 is 2.83 bits per heavy atom. The second-order valence-electron chi connectivity index (χ2n) is 5.80. The van der Waals surface area contributed by atoms with Crippen molar-refractivity contribution in [2.45, 2.75) is 12.6 Å². The van der Waals surface area contributed by atoms with Gasteiger partial charge in [0.1, 0.15) is 24.8 Å². The summed E-state index contributed by atoms with van der Waals surface area (Å²) in [5, 5.41) is 3.35. The van der Waals surface area contributed by atoms with Crippen LogP contribution in [0.25, 0.3) is 11.4 Å². The summed E-state index contributed by atoms with van der Waals surface area (Å²) in [4.78, 5) is 4.52. The monoisotopic (exact) mass is 331 g/mol. The van der Waals surface area contributed by atoms with Gasteiger partial charge in [0, 0.05) is 31.5 Å². The van der Waals surface area contributed by atoms with Gasteiger partial charge in [-0.3, -0.25) is 0 Å². The second kappa shape index (κ2) is 6.70. The minimum atomic E-state index is 0.134. The number of benzene rings is 1. The van der Waals surface area contributed by atoms with Crippen LogP contribution in [0.1, 0.15) is 0 Å². The van der Waals surface area contributed by atoms with Crippen LogP contribution in [0.4, 0.5) is 0 Å². The fraction of sp³-hybridized carbons (Fsp3) is 0.471. The zero-order valence-electron chi connectivity index (χ0n) is 13.7. The normalized spacial score (nSPS) is 20.0. The van der Waals surface area contributed by atoms with Gasteiger partial charge in [0.2, 0.25) is 0 Å². The van der Waals surface area contributed by atoms with E-state index in [1.807, 2.05) is 18.3 Å². The first-order chi connectivity index (χ1) is 11.8. The highest BCUT2D eigenvalue weighted by Gasteiger charge is 2.21. The Kier molecular flexibility index (Phi) is 4.27. The lowest BCUT2D eigenvalue weighted by Crippen LogP contribution is -2.40. The number of nitrogens with one attached hydrogen (secondary N) is 1. The number of hydrogen-bond acceptors (Lipinski definition) is 6. The third kappa shape index (κ3) is 2.92. The van der Waals surface area contributed by atoms with Gasteiger partial charge in [-0.2, -0.15) is 0 Å². The molecule has 1 atom stereocenters. The summed E-state index contributed by atoms with van der Waals surface area (Å²) in [7, 11) is 1.65. The molecule has 0 bridgehead atoms. The highest BCUT2D eigenvalue weighted by atomic mass is 16.6. The standard InChI is InChI=1S/C17H21N3O4/c1-21-14-9-16-15(23-6-7-24-16)8-13(14)17-19-2-4-20(17)11-12-10-18-3-5-22-12/h2,4,8-9,12,18H,3,5-7,10-11H2,1H3. The summed E-state index contributed by atoms with van der Waals surface area (Å²) in [5.74, 6) is 2.98. The molecule has 2 aliphatic rings. The van der Waals surface area contributed by atoms with Crippen molar-refractivity contribution in [3.63, 3.8) is 0 Å². The molecule has 1 aromatic carbocycles. The van der Waals surface area contributed by atoms with Crippen LogP contribution in [-0.4, -0.2) is 55.7 Å². The molecule has 2 aromatic rings. The molecule has 7 heteroatoms. The maximum atomic E-state index is 5.80. The lowest BCUT2D eigenvalue weighted by Gasteiger charge is -2.25. The fourth-order valence-electron chi connectivity index (χ4n) is 3.07. The summed E-state index contributed by atoms with van der Waals surface area (Å²) < 4.78 is 24.8. The van der Waals surface area contributed by atoms with E-state index in [1.165, 1.54) is 0 Å². The van der Waals surface area contributed by atoms with Crippen LogP contribution < -0.4 is 19.5 Å². The molecule has 0 radical (unpaired) electrons. The van der Waals surface area contributed by atoms with Gasteiger partial charge in [0.15, 0.2) is 11.5 Å². The summed E-state index contributed by atoms with van der Waals surface area (Å²) in [5.41, 5.74) is 0.885. The number of hydrogen-bond donors (Lipinski definition) is 1. The minimum absolute atomic E-state index is 0.134. The number of nitrogens with zero attached hydrogens (tertiary/aromatic N) is 2. The van der Waals surface area contributed by atoms with E-state index in [0.717, 1.165) is 49.1 Å². The van der Waals surface area contributed by atoms with E-state index in [-0.39, 0.29) is 6.10 Å². The SMILES string of the molecule is COc1cc2c(cc1-c1nccn1CC1CNCCO1)OCCO2. The van der Waals surface area contributed by atoms with E-state index in [4.69, 9.17) is 18.9 Å². The van der Waals surface area contributed by atoms with Crippen molar-refractivity contribution in [3.05, 3.63) is 24.5 Å². The maximum Gasteiger partial charge on any atom is 0.165 e. The molecule has 24 heavy (non-hydrogen) atoms. The fourth-order valence-corrected chi connectivity index (χ4v) is 3.07. The minimum Gasteiger partial charge on any atom is -0.496 e. The van der Waals surface area contributed by atoms with Gasteiger partial charge >= 0.3 is 0 Å². The number of aromatic nitrogens is 2. The summed E-state index contributed by atoms with van der Waals surface area (Å²) in [6, 6.07) is 3.80. The van der Waals surface area contributed by atoms with E-state index < -0.39 is 0 Å². The van der Waals surface area contributed by atoms with E-state index in [0.29, 0.717) is 19.0 Å². The number of fused-ring (bicyclic) bond motifs is 1. The lowest BCUT2D eigenvalue weighted by atomic mass is 10.1. The topological polar surface area (TPSA) is 66.8 Å². The Balaban J connectivity index is 1.67. The Labute approximate surface area is 140 Å². The Morgan fingerprint density at radius 1 is 1.25 bits per heavy atom. The Morgan fingerprint density at radius 2 is 2.08 bits per heavy atom. The molecule has 0 spiro atoms. The molecule has 0 aliphatic carbocycles. The first kappa shape index (κ1) is 15.3. The number of rotatable bonds is 4. The van der Waals surface area contributed by atoms with Crippen LogP contribution >= 0.6 is 0 Å². The molecule has 1 fully saturated rings. The first-order valence-corrected chi connectivity index (χ1v) is 8.16. The van der Waals surface area contributed by atoms with Crippen molar-refractivity contribution in [2.75, 3.05) is 40.0 Å². The molecule has 1 aromatic heterocycles. The predicted octanol–water partition coefficient (Wildman–Crippen LogP) is 1.32. The van der Waals surface area contributed by atoms with Gasteiger partial charge in [0.25, 0.3) is 0 Å². The molecule has 3 heterocycles. The van der Waals surface area contributed by atoms with Gasteiger partial charge in [-0.1, -0.05) is 0 Å². The van der Waals surface area contributed by atoms with Crippen LogP contribution in [0.3, 0.4) is 0 Å². The molecule has 2 aliphatic heterocycles. The van der Waals surface area contributed by atoms with Gasteiger partial charge in [0.05, 0.1) is 31.9 Å². The highest BCUT2D eigenvalue weighted by Crippen LogP contribution is 2.41. The van der Waals surface area contributed by atoms with Gasteiger partial charge in [-0.05, 0) is 6.07 Å². The molecule has 0 saturated carbocycles. The second-order valence-corrected chi connectivity index (χ2v) is 5.80. The summed E-state index contributed by atoms with van der Waals surface area (Å²) in [6.07, 6.45) is 3.89. The van der Waals surface area contributed by atoms with Crippen molar-refractivity contribution < 1.29 is 18.9 Å². The number of methoxy groups -OCH3 is 1. The van der Waals surface area contributed by atoms with E-state index in [1.54, 1.807) is 13.3 Å². The quantitative estimate of drug-likeness (QED) is 0.911. The maximum absolute atomic E-state index is 5.80. The predicted molar refractivity (Wildman–Crippen MR) is 87.8 cm³/mol. The Bertz CT molecular complexity index is 710. The molecule has 128 valence electrons. The van der Waals surface area contributed by atoms with Crippen molar-refractivity contribution >= 4 is 0 Å². The number of imidazole rings is 1. The third-order valence-corrected chi connectivity index (χ3v) is 4.23. The molecule has 4 rings (SSSR count). The van der Waals surface area contributed by atoms with E-state index >= 15 is 0 Å². The zero-order chi connectivity index (χ0) is 16.4. The molecule has 1 saturated heterocycles. The van der Waals surface area contributed by atoms with Gasteiger partial charge < -0.3 is 28.8 Å². The lowest BCUT2D eigenvalue weighted by molar-refractivity contribution is 0.0185. The van der Waals surface area contributed by atoms with Crippen molar-refractivity contribution in [3.8, 4) is 28.6 Å². The third-order valence-electron chi connectivity index (χ3n) is 4.23. The van der Waals surface area contributed by atoms with Crippen LogP contribution in [0, 0.1) is 0 Å². The molecule has 1 unspecified atom stereocenters. The van der Waals surface area contributed by atoms with Crippen LogP contribution in [0.15, 0.2) is 24.5 Å². The van der Waals surface area contributed by atoms with Crippen LogP contribution in [0.2, 0.25) is 0 Å². The number of ether oxygens (including phenoxy) is 4. The van der Waals surface area contributed by atoms with E-state index in [2.05, 4.69) is 14.9 Å². The van der Waals surface area contributed by atoms with E-state index in [9.17, 15) is 0 Å². The molecular formula is C17H21N3O4. The summed E-state index contributed by atoms with van der Waals surface area (Å²) >= 11 is 0. The number of morpholine rings is 1. The largest absolute Gasteiger partial charge is 0.496 e. The zero-order valence-corrected chi connectivity index (χ0v) is 13.7. The Hall–Kier alpha value is -2.25. The first-order valence-electron chi connectivity index (χ1n) is 8.16. The van der Waals surface area contributed by atoms with Crippen LogP contribution in [0.5, 0.6) is 17.2 Å². The van der Waals surface area contributed by atoms with Gasteiger partial charge in [-0.15, -0.1) is 0 Å². The molecule has 1 N–H and O–H groups in total. The van der Waals surface area contributed by atoms with Crippen molar-refractivity contribution in [2.24, 2.45) is 0 Å².